The van der Waals surface area contributed by atoms with Gasteiger partial charge < -0.3 is 10.2 Å². The Bertz CT molecular complexity index is 636. The zero-order chi connectivity index (χ0) is 14.8. The molecule has 0 amide bonds. The molecular formula is C16H17FN2S2. The molecule has 1 aromatic heterocycles. The highest BCUT2D eigenvalue weighted by atomic mass is 32.1. The largest absolute Gasteiger partial charge is 0.358 e. The quantitative estimate of drug-likeness (QED) is 0.845. The van der Waals surface area contributed by atoms with Crippen molar-refractivity contribution >= 4 is 28.7 Å². The standard InChI is InChI=1S/C16H17FN2S2/c1-11-14-7-9-21-15(14)6-8-19(11)16(20)18-10-12-2-4-13(17)5-3-12/h2-5,7,9,11H,6,8,10H2,1H3,(H,18,20)/t11-/m1/s1. The molecular weight excluding hydrogens is 303 g/mol. The van der Waals surface area contributed by atoms with Crippen LogP contribution in [0.2, 0.25) is 0 Å². The van der Waals surface area contributed by atoms with E-state index in [2.05, 4.69) is 28.6 Å². The first-order valence-electron chi connectivity index (χ1n) is 7.00. The summed E-state index contributed by atoms with van der Waals surface area (Å²) in [6, 6.07) is 9.01. The van der Waals surface area contributed by atoms with Gasteiger partial charge in [0.1, 0.15) is 5.82 Å². The first-order valence-corrected chi connectivity index (χ1v) is 8.29. The van der Waals surface area contributed by atoms with Gasteiger partial charge in [0, 0.05) is 18.0 Å². The molecule has 1 aromatic carbocycles. The van der Waals surface area contributed by atoms with E-state index in [1.54, 1.807) is 12.1 Å². The Balaban J connectivity index is 1.62. The van der Waals surface area contributed by atoms with Crippen molar-refractivity contribution in [3.05, 3.63) is 57.5 Å². The summed E-state index contributed by atoms with van der Waals surface area (Å²) in [7, 11) is 0. The van der Waals surface area contributed by atoms with Crippen molar-refractivity contribution in [2.45, 2.75) is 25.9 Å². The second kappa shape index (κ2) is 6.12. The number of nitrogens with zero attached hydrogens (tertiary/aromatic N) is 1. The fourth-order valence-corrected chi connectivity index (χ4v) is 3.95. The topological polar surface area (TPSA) is 15.3 Å². The van der Waals surface area contributed by atoms with E-state index in [9.17, 15) is 4.39 Å². The van der Waals surface area contributed by atoms with Crippen LogP contribution in [0.15, 0.2) is 35.7 Å². The molecule has 2 heterocycles. The number of rotatable bonds is 2. The van der Waals surface area contributed by atoms with Gasteiger partial charge in [-0.1, -0.05) is 12.1 Å². The molecule has 110 valence electrons. The van der Waals surface area contributed by atoms with Crippen molar-refractivity contribution in [1.82, 2.24) is 10.2 Å². The zero-order valence-corrected chi connectivity index (χ0v) is 13.4. The molecule has 5 heteroatoms. The average molecular weight is 320 g/mol. The van der Waals surface area contributed by atoms with Gasteiger partial charge in [0.25, 0.3) is 0 Å². The van der Waals surface area contributed by atoms with Crippen molar-refractivity contribution in [2.24, 2.45) is 0 Å². The molecule has 1 aliphatic rings. The van der Waals surface area contributed by atoms with Crippen LogP contribution in [0, 0.1) is 5.82 Å². The molecule has 3 rings (SSSR count). The third kappa shape index (κ3) is 3.09. The van der Waals surface area contributed by atoms with Gasteiger partial charge in [0.05, 0.1) is 6.04 Å². The summed E-state index contributed by atoms with van der Waals surface area (Å²) in [5.41, 5.74) is 2.41. The SMILES string of the molecule is C[C@@H]1c2ccsc2CCN1C(=S)NCc1ccc(F)cc1. The number of benzene rings is 1. The maximum atomic E-state index is 12.9. The van der Waals surface area contributed by atoms with Gasteiger partial charge in [-0.15, -0.1) is 11.3 Å². The molecule has 21 heavy (non-hydrogen) atoms. The van der Waals surface area contributed by atoms with Crippen LogP contribution >= 0.6 is 23.6 Å². The van der Waals surface area contributed by atoms with Gasteiger partial charge in [0.15, 0.2) is 5.11 Å². The molecule has 0 bridgehead atoms. The van der Waals surface area contributed by atoms with E-state index in [4.69, 9.17) is 12.2 Å². The Morgan fingerprint density at radius 3 is 2.90 bits per heavy atom. The predicted octanol–water partition coefficient (Wildman–Crippen LogP) is 3.88. The van der Waals surface area contributed by atoms with Crippen LogP contribution in [0.1, 0.15) is 29.0 Å². The highest BCUT2D eigenvalue weighted by Gasteiger charge is 2.26. The summed E-state index contributed by atoms with van der Waals surface area (Å²) in [6.07, 6.45) is 1.05. The average Bonchev–Trinajstić information content (AvgIpc) is 2.96. The second-order valence-electron chi connectivity index (χ2n) is 5.20. The number of thiophene rings is 1. The lowest BCUT2D eigenvalue weighted by atomic mass is 10.0. The predicted molar refractivity (Wildman–Crippen MR) is 89.0 cm³/mol. The molecule has 0 saturated heterocycles. The van der Waals surface area contributed by atoms with Gasteiger partial charge in [0.2, 0.25) is 0 Å². The summed E-state index contributed by atoms with van der Waals surface area (Å²) in [5.74, 6) is -0.212. The normalized spacial score (nSPS) is 17.4. The van der Waals surface area contributed by atoms with E-state index < -0.39 is 0 Å². The number of nitrogens with one attached hydrogen (secondary N) is 1. The second-order valence-corrected chi connectivity index (χ2v) is 6.59. The van der Waals surface area contributed by atoms with Crippen LogP contribution in [-0.2, 0) is 13.0 Å². The lowest BCUT2D eigenvalue weighted by Gasteiger charge is -2.35. The van der Waals surface area contributed by atoms with E-state index in [0.717, 1.165) is 23.6 Å². The van der Waals surface area contributed by atoms with Gasteiger partial charge in [-0.3, -0.25) is 0 Å². The van der Waals surface area contributed by atoms with Crippen LogP contribution in [0.3, 0.4) is 0 Å². The zero-order valence-electron chi connectivity index (χ0n) is 11.8. The lowest BCUT2D eigenvalue weighted by molar-refractivity contribution is 0.317. The van der Waals surface area contributed by atoms with Gasteiger partial charge in [-0.05, 0) is 60.3 Å². The summed E-state index contributed by atoms with van der Waals surface area (Å²) in [5, 5.41) is 6.20. The van der Waals surface area contributed by atoms with Gasteiger partial charge in [-0.2, -0.15) is 0 Å². The van der Waals surface area contributed by atoms with Crippen LogP contribution in [0.4, 0.5) is 4.39 Å². The lowest BCUT2D eigenvalue weighted by Crippen LogP contribution is -2.44. The minimum absolute atomic E-state index is 0.212. The van der Waals surface area contributed by atoms with Gasteiger partial charge in [-0.25, -0.2) is 4.39 Å². The fraction of sp³-hybridized carbons (Fsp3) is 0.312. The molecule has 0 unspecified atom stereocenters. The number of hydrogen-bond donors (Lipinski definition) is 1. The van der Waals surface area contributed by atoms with E-state index in [1.807, 2.05) is 11.3 Å². The number of thiocarbonyl (C=S) groups is 1. The van der Waals surface area contributed by atoms with Crippen molar-refractivity contribution in [2.75, 3.05) is 6.54 Å². The number of hydrogen-bond acceptors (Lipinski definition) is 2. The molecule has 0 fully saturated rings. The summed E-state index contributed by atoms with van der Waals surface area (Å²) < 4.78 is 12.9. The van der Waals surface area contributed by atoms with Crippen molar-refractivity contribution in [3.63, 3.8) is 0 Å². The summed E-state index contributed by atoms with van der Waals surface area (Å²) >= 11 is 7.35. The Morgan fingerprint density at radius 1 is 1.38 bits per heavy atom. The minimum atomic E-state index is -0.212. The van der Waals surface area contributed by atoms with Crippen LogP contribution in [0.5, 0.6) is 0 Å². The van der Waals surface area contributed by atoms with E-state index in [1.165, 1.54) is 22.6 Å². The Hall–Kier alpha value is -1.46. The highest BCUT2D eigenvalue weighted by Crippen LogP contribution is 2.32. The first kappa shape index (κ1) is 14.5. The number of fused-ring (bicyclic) bond motifs is 1. The monoisotopic (exact) mass is 320 g/mol. The van der Waals surface area contributed by atoms with E-state index in [-0.39, 0.29) is 5.82 Å². The Labute approximate surface area is 133 Å². The molecule has 1 aliphatic heterocycles. The molecule has 0 saturated carbocycles. The summed E-state index contributed by atoms with van der Waals surface area (Å²) in [6.45, 7) is 3.76. The molecule has 2 nitrogen and oxygen atoms in total. The first-order chi connectivity index (χ1) is 10.1. The number of halogens is 1. The van der Waals surface area contributed by atoms with Crippen LogP contribution < -0.4 is 5.32 Å². The minimum Gasteiger partial charge on any atom is -0.358 e. The Morgan fingerprint density at radius 2 is 2.14 bits per heavy atom. The molecule has 1 atom stereocenters. The third-order valence-electron chi connectivity index (χ3n) is 3.90. The van der Waals surface area contributed by atoms with Crippen molar-refractivity contribution in [3.8, 4) is 0 Å². The fourth-order valence-electron chi connectivity index (χ4n) is 2.67. The highest BCUT2D eigenvalue weighted by molar-refractivity contribution is 7.80. The van der Waals surface area contributed by atoms with Gasteiger partial charge >= 0.3 is 0 Å². The third-order valence-corrected chi connectivity index (χ3v) is 5.27. The molecule has 1 N–H and O–H groups in total. The molecule has 0 spiro atoms. The van der Waals surface area contributed by atoms with Crippen molar-refractivity contribution in [1.29, 1.82) is 0 Å². The van der Waals surface area contributed by atoms with E-state index in [0.29, 0.717) is 12.6 Å². The smallest absolute Gasteiger partial charge is 0.169 e. The summed E-state index contributed by atoms with van der Waals surface area (Å²) in [4.78, 5) is 3.70. The van der Waals surface area contributed by atoms with Crippen molar-refractivity contribution < 1.29 is 4.39 Å². The molecule has 0 radical (unpaired) electrons. The van der Waals surface area contributed by atoms with E-state index >= 15 is 0 Å². The maximum Gasteiger partial charge on any atom is 0.169 e. The maximum absolute atomic E-state index is 12.9. The van der Waals surface area contributed by atoms with Crippen LogP contribution in [0.25, 0.3) is 0 Å². The molecule has 0 aliphatic carbocycles. The van der Waals surface area contributed by atoms with Crippen LogP contribution in [-0.4, -0.2) is 16.6 Å². The molecule has 2 aromatic rings. The Kier molecular flexibility index (Phi) is 4.22.